The van der Waals surface area contributed by atoms with Crippen molar-refractivity contribution >= 4 is 10.8 Å². The van der Waals surface area contributed by atoms with Gasteiger partial charge in [0, 0.05) is 42.8 Å². The first-order valence-electron chi connectivity index (χ1n) is 6.84. The number of fused-ring (bicyclic) bond motifs is 1. The van der Waals surface area contributed by atoms with Crippen LogP contribution >= 0.6 is 0 Å². The lowest BCUT2D eigenvalue weighted by molar-refractivity contribution is 0.579. The molecule has 1 unspecified atom stereocenters. The van der Waals surface area contributed by atoms with E-state index in [-0.39, 0.29) is 6.04 Å². The van der Waals surface area contributed by atoms with Crippen LogP contribution in [0.25, 0.3) is 10.8 Å². The Morgan fingerprint density at radius 1 is 1.25 bits per heavy atom. The lowest BCUT2D eigenvalue weighted by atomic mass is 10.0. The van der Waals surface area contributed by atoms with Crippen molar-refractivity contribution in [1.29, 1.82) is 0 Å². The van der Waals surface area contributed by atoms with E-state index < -0.39 is 0 Å². The van der Waals surface area contributed by atoms with Gasteiger partial charge in [0.1, 0.15) is 5.82 Å². The predicted molar refractivity (Wildman–Crippen MR) is 80.5 cm³/mol. The van der Waals surface area contributed by atoms with E-state index in [2.05, 4.69) is 45.0 Å². The zero-order valence-corrected chi connectivity index (χ0v) is 11.7. The van der Waals surface area contributed by atoms with Crippen molar-refractivity contribution in [3.05, 3.63) is 60.4 Å². The average molecular weight is 266 g/mol. The van der Waals surface area contributed by atoms with Crippen LogP contribution in [0.15, 0.2) is 49.1 Å². The fourth-order valence-electron chi connectivity index (χ4n) is 2.57. The number of imidazole rings is 1. The fraction of sp³-hybridized carbons (Fsp3) is 0.250. The van der Waals surface area contributed by atoms with E-state index in [1.54, 1.807) is 0 Å². The van der Waals surface area contributed by atoms with E-state index in [0.29, 0.717) is 0 Å². The quantitative estimate of drug-likeness (QED) is 0.789. The van der Waals surface area contributed by atoms with Crippen LogP contribution in [0.4, 0.5) is 0 Å². The number of benzene rings is 1. The van der Waals surface area contributed by atoms with Gasteiger partial charge >= 0.3 is 0 Å². The van der Waals surface area contributed by atoms with Gasteiger partial charge in [-0.3, -0.25) is 4.98 Å². The smallest absolute Gasteiger partial charge is 0.130 e. The Morgan fingerprint density at radius 3 is 2.85 bits per heavy atom. The highest BCUT2D eigenvalue weighted by Crippen LogP contribution is 2.27. The molecule has 0 bridgehead atoms. The van der Waals surface area contributed by atoms with Gasteiger partial charge < -0.3 is 9.88 Å². The Hall–Kier alpha value is -2.20. The molecule has 102 valence electrons. The second kappa shape index (κ2) is 5.43. The van der Waals surface area contributed by atoms with Crippen molar-refractivity contribution in [3.8, 4) is 0 Å². The maximum Gasteiger partial charge on any atom is 0.130 e. The molecular weight excluding hydrogens is 248 g/mol. The molecule has 0 saturated carbocycles. The summed E-state index contributed by atoms with van der Waals surface area (Å²) in [7, 11) is 2.02. The first-order chi connectivity index (χ1) is 9.81. The molecule has 0 aliphatic rings. The number of nitrogens with one attached hydrogen (secondary N) is 1. The van der Waals surface area contributed by atoms with Gasteiger partial charge in [-0.25, -0.2) is 4.98 Å². The minimum Gasteiger partial charge on any atom is -0.336 e. The largest absolute Gasteiger partial charge is 0.336 e. The number of rotatable bonds is 4. The Morgan fingerprint density at radius 2 is 2.10 bits per heavy atom. The summed E-state index contributed by atoms with van der Waals surface area (Å²) in [6.45, 7) is 2.98. The molecule has 0 aliphatic heterocycles. The van der Waals surface area contributed by atoms with E-state index in [9.17, 15) is 0 Å². The normalized spacial score (nSPS) is 12.7. The van der Waals surface area contributed by atoms with Gasteiger partial charge in [-0.2, -0.15) is 0 Å². The van der Waals surface area contributed by atoms with Crippen LogP contribution in [0.2, 0.25) is 0 Å². The highest BCUT2D eigenvalue weighted by Gasteiger charge is 2.19. The number of hydrogen-bond donors (Lipinski definition) is 1. The molecule has 0 saturated heterocycles. The van der Waals surface area contributed by atoms with Crippen LogP contribution < -0.4 is 5.32 Å². The minimum absolute atomic E-state index is 0.0543. The molecule has 1 atom stereocenters. The van der Waals surface area contributed by atoms with Gasteiger partial charge in [-0.1, -0.05) is 31.2 Å². The van der Waals surface area contributed by atoms with E-state index in [0.717, 1.165) is 17.8 Å². The third-order valence-electron chi connectivity index (χ3n) is 3.53. The molecule has 0 amide bonds. The van der Waals surface area contributed by atoms with Crippen molar-refractivity contribution in [3.63, 3.8) is 0 Å². The molecule has 1 aromatic carbocycles. The lowest BCUT2D eigenvalue weighted by Crippen LogP contribution is -2.25. The number of nitrogens with zero attached hydrogens (tertiary/aromatic N) is 3. The molecule has 0 fully saturated rings. The lowest BCUT2D eigenvalue weighted by Gasteiger charge is -2.19. The topological polar surface area (TPSA) is 42.7 Å². The molecule has 3 rings (SSSR count). The number of aryl methyl sites for hydroxylation is 1. The van der Waals surface area contributed by atoms with Crippen LogP contribution in [0.3, 0.4) is 0 Å². The van der Waals surface area contributed by atoms with E-state index in [1.807, 2.05) is 37.9 Å². The third-order valence-corrected chi connectivity index (χ3v) is 3.53. The standard InChI is InChI=1S/C16H18N4/c1-3-18-15(16-19-8-9-20(16)2)14-11-17-10-12-6-4-5-7-13(12)14/h4-11,15,18H,3H2,1-2H3. The van der Waals surface area contributed by atoms with Gasteiger partial charge in [0.15, 0.2) is 0 Å². The minimum atomic E-state index is 0.0543. The van der Waals surface area contributed by atoms with Gasteiger partial charge in [0.25, 0.3) is 0 Å². The second-order valence-corrected chi connectivity index (χ2v) is 4.84. The summed E-state index contributed by atoms with van der Waals surface area (Å²) in [5.74, 6) is 1.00. The molecule has 4 nitrogen and oxygen atoms in total. The van der Waals surface area contributed by atoms with Gasteiger partial charge in [0.2, 0.25) is 0 Å². The first kappa shape index (κ1) is 12.8. The van der Waals surface area contributed by atoms with Crippen molar-refractivity contribution in [2.45, 2.75) is 13.0 Å². The molecule has 4 heteroatoms. The van der Waals surface area contributed by atoms with E-state index >= 15 is 0 Å². The van der Waals surface area contributed by atoms with Crippen LogP contribution in [0, 0.1) is 0 Å². The molecule has 20 heavy (non-hydrogen) atoms. The molecule has 1 N–H and O–H groups in total. The van der Waals surface area contributed by atoms with Crippen molar-refractivity contribution in [2.75, 3.05) is 6.54 Å². The fourth-order valence-corrected chi connectivity index (χ4v) is 2.57. The van der Waals surface area contributed by atoms with Crippen LogP contribution in [-0.2, 0) is 7.05 Å². The first-order valence-corrected chi connectivity index (χ1v) is 6.84. The summed E-state index contributed by atoms with van der Waals surface area (Å²) in [5, 5.41) is 5.88. The molecule has 3 aromatic rings. The summed E-state index contributed by atoms with van der Waals surface area (Å²) in [6, 6.07) is 8.38. The monoisotopic (exact) mass is 266 g/mol. The average Bonchev–Trinajstić information content (AvgIpc) is 2.90. The molecule has 0 spiro atoms. The molecule has 2 aromatic heterocycles. The number of pyridine rings is 1. The third kappa shape index (κ3) is 2.18. The highest BCUT2D eigenvalue weighted by molar-refractivity contribution is 5.85. The zero-order valence-electron chi connectivity index (χ0n) is 11.7. The summed E-state index contributed by atoms with van der Waals surface area (Å²) in [4.78, 5) is 8.87. The maximum atomic E-state index is 4.49. The van der Waals surface area contributed by atoms with Gasteiger partial charge in [0.05, 0.1) is 6.04 Å². The van der Waals surface area contributed by atoms with Gasteiger partial charge in [-0.15, -0.1) is 0 Å². The Labute approximate surface area is 118 Å². The number of hydrogen-bond acceptors (Lipinski definition) is 3. The van der Waals surface area contributed by atoms with Crippen LogP contribution in [0.1, 0.15) is 24.4 Å². The predicted octanol–water partition coefficient (Wildman–Crippen LogP) is 2.67. The van der Waals surface area contributed by atoms with Crippen molar-refractivity contribution < 1.29 is 0 Å². The molecule has 2 heterocycles. The van der Waals surface area contributed by atoms with E-state index in [4.69, 9.17) is 0 Å². The Balaban J connectivity index is 2.17. The zero-order chi connectivity index (χ0) is 13.9. The molecular formula is C16H18N4. The van der Waals surface area contributed by atoms with Crippen LogP contribution in [0.5, 0.6) is 0 Å². The summed E-state index contributed by atoms with van der Waals surface area (Å²) in [6.07, 6.45) is 7.64. The van der Waals surface area contributed by atoms with Crippen molar-refractivity contribution in [1.82, 2.24) is 19.9 Å². The number of aromatic nitrogens is 3. The maximum absolute atomic E-state index is 4.49. The summed E-state index contributed by atoms with van der Waals surface area (Å²) < 4.78 is 2.05. The van der Waals surface area contributed by atoms with Gasteiger partial charge in [-0.05, 0) is 11.9 Å². The second-order valence-electron chi connectivity index (χ2n) is 4.84. The molecule has 0 radical (unpaired) electrons. The Kier molecular flexibility index (Phi) is 3.48. The summed E-state index contributed by atoms with van der Waals surface area (Å²) >= 11 is 0. The SMILES string of the molecule is CCNC(c1cncc2ccccc12)c1nccn1C. The highest BCUT2D eigenvalue weighted by atomic mass is 15.1. The van der Waals surface area contributed by atoms with Crippen LogP contribution in [-0.4, -0.2) is 21.1 Å². The summed E-state index contributed by atoms with van der Waals surface area (Å²) in [5.41, 5.74) is 1.17. The van der Waals surface area contributed by atoms with E-state index in [1.165, 1.54) is 10.9 Å². The Bertz CT molecular complexity index is 712. The van der Waals surface area contributed by atoms with Crippen molar-refractivity contribution in [2.24, 2.45) is 7.05 Å². The molecule has 0 aliphatic carbocycles.